The van der Waals surface area contributed by atoms with Gasteiger partial charge in [0.25, 0.3) is 0 Å². The fourth-order valence-electron chi connectivity index (χ4n) is 2.30. The van der Waals surface area contributed by atoms with Crippen LogP contribution in [0.15, 0.2) is 12.4 Å². The van der Waals surface area contributed by atoms with Gasteiger partial charge >= 0.3 is 0 Å². The number of likely N-dealkylation sites (tertiary alicyclic amines) is 1. The first-order chi connectivity index (χ1) is 8.09. The van der Waals surface area contributed by atoms with Crippen LogP contribution < -0.4 is 5.32 Å². The Labute approximate surface area is 103 Å². The van der Waals surface area contributed by atoms with Gasteiger partial charge in [0, 0.05) is 19.6 Å². The third kappa shape index (κ3) is 3.40. The fraction of sp³-hybridized carbons (Fsp3) is 0.692. The molecule has 0 aliphatic carbocycles. The maximum atomic E-state index is 4.44. The Morgan fingerprint density at radius 2 is 2.18 bits per heavy atom. The van der Waals surface area contributed by atoms with Crippen LogP contribution in [0.5, 0.6) is 0 Å². The predicted octanol–water partition coefficient (Wildman–Crippen LogP) is 2.14. The van der Waals surface area contributed by atoms with Crippen molar-refractivity contribution >= 4 is 5.82 Å². The number of nitrogens with zero attached hydrogens (tertiary/aromatic N) is 3. The number of rotatable bonds is 4. The molecule has 1 aromatic heterocycles. The largest absolute Gasteiger partial charge is 0.369 e. The average molecular weight is 234 g/mol. The predicted molar refractivity (Wildman–Crippen MR) is 69.9 cm³/mol. The quantitative estimate of drug-likeness (QED) is 0.866. The summed E-state index contributed by atoms with van der Waals surface area (Å²) >= 11 is 0. The molecule has 4 heteroatoms. The topological polar surface area (TPSA) is 41.1 Å². The van der Waals surface area contributed by atoms with Crippen LogP contribution in [0.1, 0.15) is 32.9 Å². The van der Waals surface area contributed by atoms with Gasteiger partial charge in [0.05, 0.1) is 18.1 Å². The second kappa shape index (κ2) is 5.00. The van der Waals surface area contributed by atoms with Gasteiger partial charge in [-0.25, -0.2) is 4.98 Å². The first-order valence-corrected chi connectivity index (χ1v) is 6.36. The first-order valence-electron chi connectivity index (χ1n) is 6.36. The van der Waals surface area contributed by atoms with E-state index in [0.717, 1.165) is 31.1 Å². The van der Waals surface area contributed by atoms with Gasteiger partial charge in [-0.2, -0.15) is 0 Å². The van der Waals surface area contributed by atoms with E-state index in [1.807, 2.05) is 12.4 Å². The zero-order valence-corrected chi connectivity index (χ0v) is 11.0. The second-order valence-electron chi connectivity index (χ2n) is 5.55. The van der Waals surface area contributed by atoms with Gasteiger partial charge in [0.1, 0.15) is 5.82 Å². The van der Waals surface area contributed by atoms with Gasteiger partial charge in [-0.05, 0) is 25.3 Å². The number of anilines is 1. The molecule has 0 spiro atoms. The van der Waals surface area contributed by atoms with E-state index in [2.05, 4.69) is 41.0 Å². The van der Waals surface area contributed by atoms with Crippen LogP contribution in [0.25, 0.3) is 0 Å². The van der Waals surface area contributed by atoms with E-state index < -0.39 is 0 Å². The molecule has 0 atom stereocenters. The van der Waals surface area contributed by atoms with Crippen molar-refractivity contribution < 1.29 is 0 Å². The van der Waals surface area contributed by atoms with Crippen molar-refractivity contribution in [2.24, 2.45) is 5.41 Å². The normalized spacial score (nSPS) is 19.5. The molecule has 1 aromatic rings. The molecular weight excluding hydrogens is 212 g/mol. The highest BCUT2D eigenvalue weighted by atomic mass is 15.2. The van der Waals surface area contributed by atoms with Crippen molar-refractivity contribution in [2.75, 3.05) is 25.0 Å². The number of hydrogen-bond acceptors (Lipinski definition) is 4. The molecule has 2 heterocycles. The molecule has 1 aliphatic rings. The zero-order chi connectivity index (χ0) is 12.3. The minimum Gasteiger partial charge on any atom is -0.369 e. The summed E-state index contributed by atoms with van der Waals surface area (Å²) in [5.41, 5.74) is 1.52. The van der Waals surface area contributed by atoms with E-state index in [-0.39, 0.29) is 0 Å². The highest BCUT2D eigenvalue weighted by Gasteiger charge is 2.29. The number of aromatic nitrogens is 2. The van der Waals surface area contributed by atoms with Crippen molar-refractivity contribution in [3.8, 4) is 0 Å². The summed E-state index contributed by atoms with van der Waals surface area (Å²) < 4.78 is 0. The molecule has 0 amide bonds. The van der Waals surface area contributed by atoms with Crippen LogP contribution in [0.2, 0.25) is 0 Å². The van der Waals surface area contributed by atoms with Crippen molar-refractivity contribution in [3.63, 3.8) is 0 Å². The molecule has 1 N–H and O–H groups in total. The molecule has 94 valence electrons. The zero-order valence-electron chi connectivity index (χ0n) is 11.0. The Morgan fingerprint density at radius 1 is 1.35 bits per heavy atom. The molecule has 2 rings (SSSR count). The standard InChI is InChI=1S/C13H22N4/c1-4-14-12-8-15-11(7-16-12)9-17-6-5-13(2,3)10-17/h7-8H,4-6,9-10H2,1-3H3,(H,14,16). The Morgan fingerprint density at radius 3 is 2.71 bits per heavy atom. The Balaban J connectivity index is 1.91. The minimum absolute atomic E-state index is 0.455. The molecule has 0 unspecified atom stereocenters. The van der Waals surface area contributed by atoms with Crippen molar-refractivity contribution in [1.82, 2.24) is 14.9 Å². The Bertz CT molecular complexity index is 358. The van der Waals surface area contributed by atoms with Crippen LogP contribution in [0.3, 0.4) is 0 Å². The molecule has 0 radical (unpaired) electrons. The summed E-state index contributed by atoms with van der Waals surface area (Å²) in [5, 5.41) is 3.15. The molecule has 1 fully saturated rings. The van der Waals surface area contributed by atoms with Crippen LogP contribution in [0.4, 0.5) is 5.82 Å². The fourth-order valence-corrected chi connectivity index (χ4v) is 2.30. The third-order valence-corrected chi connectivity index (χ3v) is 3.21. The van der Waals surface area contributed by atoms with Crippen LogP contribution in [-0.2, 0) is 6.54 Å². The van der Waals surface area contributed by atoms with E-state index in [1.54, 1.807) is 0 Å². The Hall–Kier alpha value is -1.16. The lowest BCUT2D eigenvalue weighted by Gasteiger charge is -2.19. The Kier molecular flexibility index (Phi) is 3.62. The summed E-state index contributed by atoms with van der Waals surface area (Å²) in [6.45, 7) is 10.8. The molecular formula is C13H22N4. The van der Waals surface area contributed by atoms with Gasteiger partial charge in [0.2, 0.25) is 0 Å². The van der Waals surface area contributed by atoms with Crippen LogP contribution >= 0.6 is 0 Å². The molecule has 0 aromatic carbocycles. The van der Waals surface area contributed by atoms with E-state index in [9.17, 15) is 0 Å². The monoisotopic (exact) mass is 234 g/mol. The van der Waals surface area contributed by atoms with Gasteiger partial charge in [0.15, 0.2) is 0 Å². The van der Waals surface area contributed by atoms with Crippen LogP contribution in [0, 0.1) is 5.41 Å². The van der Waals surface area contributed by atoms with E-state index in [0.29, 0.717) is 5.41 Å². The maximum Gasteiger partial charge on any atom is 0.144 e. The van der Waals surface area contributed by atoms with Gasteiger partial charge in [-0.3, -0.25) is 9.88 Å². The highest BCUT2D eigenvalue weighted by molar-refractivity contribution is 5.30. The second-order valence-corrected chi connectivity index (χ2v) is 5.55. The van der Waals surface area contributed by atoms with Gasteiger partial charge < -0.3 is 5.32 Å². The molecule has 0 saturated carbocycles. The maximum absolute atomic E-state index is 4.44. The molecule has 1 saturated heterocycles. The van der Waals surface area contributed by atoms with Crippen molar-refractivity contribution in [3.05, 3.63) is 18.1 Å². The third-order valence-electron chi connectivity index (χ3n) is 3.21. The molecule has 1 aliphatic heterocycles. The van der Waals surface area contributed by atoms with E-state index in [4.69, 9.17) is 0 Å². The van der Waals surface area contributed by atoms with Crippen LogP contribution in [-0.4, -0.2) is 34.5 Å². The lowest BCUT2D eigenvalue weighted by Crippen LogP contribution is -2.23. The SMILES string of the molecule is CCNc1cnc(CN2CCC(C)(C)C2)cn1. The lowest BCUT2D eigenvalue weighted by molar-refractivity contribution is 0.281. The summed E-state index contributed by atoms with van der Waals surface area (Å²) in [4.78, 5) is 11.2. The summed E-state index contributed by atoms with van der Waals surface area (Å²) in [7, 11) is 0. The minimum atomic E-state index is 0.455. The average Bonchev–Trinajstić information content (AvgIpc) is 2.61. The van der Waals surface area contributed by atoms with Crippen molar-refractivity contribution in [2.45, 2.75) is 33.7 Å². The summed E-state index contributed by atoms with van der Waals surface area (Å²) in [6, 6.07) is 0. The number of nitrogens with one attached hydrogen (secondary N) is 1. The smallest absolute Gasteiger partial charge is 0.144 e. The van der Waals surface area contributed by atoms with Gasteiger partial charge in [-0.15, -0.1) is 0 Å². The first kappa shape index (κ1) is 12.3. The lowest BCUT2D eigenvalue weighted by atomic mass is 9.93. The highest BCUT2D eigenvalue weighted by Crippen LogP contribution is 2.29. The van der Waals surface area contributed by atoms with E-state index in [1.165, 1.54) is 13.0 Å². The molecule has 17 heavy (non-hydrogen) atoms. The summed E-state index contributed by atoms with van der Waals surface area (Å²) in [5.74, 6) is 0.859. The summed E-state index contributed by atoms with van der Waals surface area (Å²) in [6.07, 6.45) is 4.97. The van der Waals surface area contributed by atoms with E-state index >= 15 is 0 Å². The molecule has 0 bridgehead atoms. The van der Waals surface area contributed by atoms with Crippen molar-refractivity contribution in [1.29, 1.82) is 0 Å². The molecule has 4 nitrogen and oxygen atoms in total. The van der Waals surface area contributed by atoms with Gasteiger partial charge in [-0.1, -0.05) is 13.8 Å². The number of hydrogen-bond donors (Lipinski definition) is 1.